The molecule has 2 N–H and O–H groups in total. The molecule has 1 unspecified atom stereocenters. The number of aliphatic hydroxyl groups excluding tert-OH is 1. The Hall–Kier alpha value is -2.84. The van der Waals surface area contributed by atoms with Gasteiger partial charge in [0.15, 0.2) is 5.78 Å². The van der Waals surface area contributed by atoms with Crippen LogP contribution in [0.2, 0.25) is 0 Å². The number of carbonyl (C=O) groups excluding carboxylic acids is 2. The molecule has 6 nitrogen and oxygen atoms in total. The first-order chi connectivity index (χ1) is 14.4. The summed E-state index contributed by atoms with van der Waals surface area (Å²) in [5.74, 6) is -2.93. The number of aliphatic hydroxyl groups is 1. The number of hydrogen-bond acceptors (Lipinski definition) is 5. The summed E-state index contributed by atoms with van der Waals surface area (Å²) in [7, 11) is 0. The number of rotatable bonds is 6. The molecule has 1 aliphatic carbocycles. The Morgan fingerprint density at radius 3 is 2.39 bits per heavy atom. The van der Waals surface area contributed by atoms with Crippen molar-refractivity contribution in [2.24, 2.45) is 5.16 Å². The van der Waals surface area contributed by atoms with E-state index in [2.05, 4.69) is 5.16 Å². The van der Waals surface area contributed by atoms with Crippen LogP contribution in [0.1, 0.15) is 61.3 Å². The molecule has 0 heterocycles. The van der Waals surface area contributed by atoms with Gasteiger partial charge in [0.1, 0.15) is 12.4 Å². The third-order valence-corrected chi connectivity index (χ3v) is 5.30. The fourth-order valence-corrected chi connectivity index (χ4v) is 4.06. The lowest BCUT2D eigenvalue weighted by atomic mass is 9.77. The summed E-state index contributed by atoms with van der Waals surface area (Å²) in [5.41, 5.74) is 2.91. The molecule has 1 atom stereocenters. The topological polar surface area (TPSA) is 88.0 Å². The maximum absolute atomic E-state index is 12.9. The van der Waals surface area contributed by atoms with Crippen molar-refractivity contribution in [1.82, 2.24) is 0 Å². The average molecular weight is 440 g/mol. The zero-order valence-electron chi connectivity index (χ0n) is 18.2. The van der Waals surface area contributed by atoms with Crippen LogP contribution >= 0.6 is 0 Å². The van der Waals surface area contributed by atoms with Crippen LogP contribution in [-0.4, -0.2) is 35.3 Å². The van der Waals surface area contributed by atoms with Gasteiger partial charge in [0.25, 0.3) is 0 Å². The quantitative estimate of drug-likeness (QED) is 0.472. The van der Waals surface area contributed by atoms with E-state index in [1.54, 1.807) is 40.7 Å². The average Bonchev–Trinajstić information content (AvgIpc) is 2.66. The molecule has 0 bridgehead atoms. The highest BCUT2D eigenvalue weighted by Gasteiger charge is 2.39. The number of Topliss-reactive ketones (excluding diaryl/α,β-unsaturated/α-hetero) is 1. The van der Waals surface area contributed by atoms with E-state index in [1.165, 1.54) is 0 Å². The summed E-state index contributed by atoms with van der Waals surface area (Å²) in [5, 5.41) is 16.5. The third-order valence-electron chi connectivity index (χ3n) is 5.30. The molecule has 0 radical (unpaired) electrons. The van der Waals surface area contributed by atoms with Crippen molar-refractivity contribution in [3.05, 3.63) is 39.7 Å². The second kappa shape index (κ2) is 9.53. The lowest BCUT2D eigenvalue weighted by Crippen LogP contribution is -2.31. The molecule has 0 saturated carbocycles. The standard InChI is InChI=1S/C22H27F3N2O4/c1-6-15(27-31-7-2)19-16(28)9-14(10-17(19)29)18-11(3)8-12(4)20(13(18)5)26-21(30)22(23,24)25/h8,14,28H,6-7,9-10H2,1-5H3,(H,26,30)/b27-15-. The number of halogens is 3. The Morgan fingerprint density at radius 2 is 1.87 bits per heavy atom. The number of benzene rings is 1. The van der Waals surface area contributed by atoms with Crippen LogP contribution in [0, 0.1) is 20.8 Å². The minimum Gasteiger partial charge on any atom is -0.511 e. The lowest BCUT2D eigenvalue weighted by molar-refractivity contribution is -0.167. The fourth-order valence-electron chi connectivity index (χ4n) is 4.06. The number of allylic oxidation sites excluding steroid dienone is 2. The van der Waals surface area contributed by atoms with Gasteiger partial charge in [0, 0.05) is 18.5 Å². The fraction of sp³-hybridized carbons (Fsp3) is 0.500. The number of amides is 1. The largest absolute Gasteiger partial charge is 0.511 e. The van der Waals surface area contributed by atoms with E-state index in [0.29, 0.717) is 35.4 Å². The van der Waals surface area contributed by atoms with Gasteiger partial charge >= 0.3 is 12.1 Å². The van der Waals surface area contributed by atoms with Crippen LogP contribution < -0.4 is 5.32 Å². The van der Waals surface area contributed by atoms with Gasteiger partial charge in [0.2, 0.25) is 0 Å². The van der Waals surface area contributed by atoms with Gasteiger partial charge in [-0.25, -0.2) is 0 Å². The second-order valence-corrected chi connectivity index (χ2v) is 7.54. The van der Waals surface area contributed by atoms with Gasteiger partial charge in [-0.2, -0.15) is 13.2 Å². The number of carbonyl (C=O) groups is 2. The summed E-state index contributed by atoms with van der Waals surface area (Å²) >= 11 is 0. The molecule has 0 aliphatic heterocycles. The van der Waals surface area contributed by atoms with Crippen LogP contribution in [0.3, 0.4) is 0 Å². The Balaban J connectivity index is 2.48. The Kier molecular flexibility index (Phi) is 7.51. The molecule has 1 amide bonds. The molecule has 0 fully saturated rings. The first kappa shape index (κ1) is 24.4. The maximum Gasteiger partial charge on any atom is 0.471 e. The predicted molar refractivity (Wildman–Crippen MR) is 111 cm³/mol. The van der Waals surface area contributed by atoms with Gasteiger partial charge in [-0.05, 0) is 62.3 Å². The summed E-state index contributed by atoms with van der Waals surface area (Å²) < 4.78 is 38.3. The van der Waals surface area contributed by atoms with E-state index in [4.69, 9.17) is 4.84 Å². The molecule has 1 aromatic carbocycles. The van der Waals surface area contributed by atoms with E-state index in [-0.39, 0.29) is 35.6 Å². The minimum absolute atomic E-state index is 0.0575. The van der Waals surface area contributed by atoms with Crippen molar-refractivity contribution in [2.75, 3.05) is 11.9 Å². The van der Waals surface area contributed by atoms with Crippen LogP contribution in [-0.2, 0) is 14.4 Å². The third kappa shape index (κ3) is 5.26. The highest BCUT2D eigenvalue weighted by atomic mass is 19.4. The van der Waals surface area contributed by atoms with E-state index in [9.17, 15) is 27.9 Å². The maximum atomic E-state index is 12.9. The molecule has 0 aromatic heterocycles. The Labute approximate surface area is 179 Å². The number of nitrogens with one attached hydrogen (secondary N) is 1. The number of hydrogen-bond donors (Lipinski definition) is 2. The number of oxime groups is 1. The molecule has 0 saturated heterocycles. The van der Waals surface area contributed by atoms with Gasteiger partial charge < -0.3 is 15.3 Å². The van der Waals surface area contributed by atoms with Gasteiger partial charge in [-0.1, -0.05) is 18.1 Å². The Bertz CT molecular complexity index is 949. The number of ketones is 1. The van der Waals surface area contributed by atoms with Crippen molar-refractivity contribution >= 4 is 23.1 Å². The molecular weight excluding hydrogens is 413 g/mol. The molecule has 1 aromatic rings. The summed E-state index contributed by atoms with van der Waals surface area (Å²) in [6.07, 6.45) is -4.44. The number of anilines is 1. The SMILES string of the molecule is CCO/N=C(/CC)C1=C(O)CC(c2c(C)cc(C)c(NC(=O)C(F)(F)F)c2C)CC1=O. The molecule has 9 heteroatoms. The minimum atomic E-state index is -5.02. The van der Waals surface area contributed by atoms with Crippen molar-refractivity contribution in [3.63, 3.8) is 0 Å². The molecule has 2 rings (SSSR count). The smallest absolute Gasteiger partial charge is 0.471 e. The van der Waals surface area contributed by atoms with E-state index in [1.807, 2.05) is 5.32 Å². The summed E-state index contributed by atoms with van der Waals surface area (Å²) in [6.45, 7) is 8.87. The summed E-state index contributed by atoms with van der Waals surface area (Å²) in [6, 6.07) is 1.67. The van der Waals surface area contributed by atoms with E-state index < -0.39 is 18.0 Å². The van der Waals surface area contributed by atoms with E-state index in [0.717, 1.165) is 5.56 Å². The molecular formula is C22H27F3N2O4. The number of nitrogens with zero attached hydrogens (tertiary/aromatic N) is 1. The monoisotopic (exact) mass is 440 g/mol. The van der Waals surface area contributed by atoms with Gasteiger partial charge in [-0.3, -0.25) is 9.59 Å². The lowest BCUT2D eigenvalue weighted by Gasteiger charge is -2.28. The zero-order valence-corrected chi connectivity index (χ0v) is 18.2. The van der Waals surface area contributed by atoms with Gasteiger partial charge in [-0.15, -0.1) is 0 Å². The normalized spacial score (nSPS) is 17.7. The van der Waals surface area contributed by atoms with Gasteiger partial charge in [0.05, 0.1) is 11.3 Å². The molecule has 31 heavy (non-hydrogen) atoms. The van der Waals surface area contributed by atoms with Crippen molar-refractivity contribution in [3.8, 4) is 0 Å². The van der Waals surface area contributed by atoms with Crippen LogP contribution in [0.15, 0.2) is 22.6 Å². The molecule has 1 aliphatic rings. The van der Waals surface area contributed by atoms with Crippen LogP contribution in [0.5, 0.6) is 0 Å². The zero-order chi connectivity index (χ0) is 23.5. The predicted octanol–water partition coefficient (Wildman–Crippen LogP) is 5.17. The first-order valence-electron chi connectivity index (χ1n) is 10.1. The highest BCUT2D eigenvalue weighted by molar-refractivity contribution is 6.23. The molecule has 0 spiro atoms. The highest BCUT2D eigenvalue weighted by Crippen LogP contribution is 2.40. The van der Waals surface area contributed by atoms with E-state index >= 15 is 0 Å². The van der Waals surface area contributed by atoms with Crippen molar-refractivity contribution < 1.29 is 32.7 Å². The van der Waals surface area contributed by atoms with Crippen LogP contribution in [0.4, 0.5) is 18.9 Å². The van der Waals surface area contributed by atoms with Crippen molar-refractivity contribution in [1.29, 1.82) is 0 Å². The second-order valence-electron chi connectivity index (χ2n) is 7.54. The van der Waals surface area contributed by atoms with Crippen LogP contribution in [0.25, 0.3) is 0 Å². The Morgan fingerprint density at radius 1 is 1.23 bits per heavy atom. The summed E-state index contributed by atoms with van der Waals surface area (Å²) in [4.78, 5) is 29.4. The van der Waals surface area contributed by atoms with Crippen molar-refractivity contribution in [2.45, 2.75) is 66.0 Å². The number of alkyl halides is 3. The number of aryl methyl sites for hydroxylation is 2. The first-order valence-corrected chi connectivity index (χ1v) is 10.1. The molecule has 170 valence electrons.